The van der Waals surface area contributed by atoms with Crippen molar-refractivity contribution in [1.29, 1.82) is 0 Å². The number of methoxy groups -OCH3 is 2. The van der Waals surface area contributed by atoms with Crippen LogP contribution < -0.4 is 30.2 Å². The second kappa shape index (κ2) is 9.69. The quantitative estimate of drug-likeness (QED) is 0.256. The van der Waals surface area contributed by atoms with E-state index in [1.165, 1.54) is 14.2 Å². The summed E-state index contributed by atoms with van der Waals surface area (Å²) in [4.78, 5) is 30.2. The van der Waals surface area contributed by atoms with Gasteiger partial charge in [-0.3, -0.25) is 5.32 Å². The van der Waals surface area contributed by atoms with E-state index >= 15 is 0 Å². The first-order valence-electron chi connectivity index (χ1n) is 10.0. The molecule has 0 bridgehead atoms. The summed E-state index contributed by atoms with van der Waals surface area (Å²) in [7, 11) is 3.05. The van der Waals surface area contributed by atoms with Crippen LogP contribution in [0.15, 0.2) is 60.7 Å². The Hall–Kier alpha value is -4.93. The number of H-pyrrole nitrogens is 1. The molecule has 0 saturated carbocycles. The Kier molecular flexibility index (Phi) is 6.35. The number of hydrogen-bond acceptors (Lipinski definition) is 6. The summed E-state index contributed by atoms with van der Waals surface area (Å²) in [5, 5.41) is 16.4. The van der Waals surface area contributed by atoms with E-state index in [0.717, 1.165) is 0 Å². The molecule has 0 aliphatic carbocycles. The molecule has 0 spiro atoms. The molecule has 5 N–H and O–H groups in total. The van der Waals surface area contributed by atoms with Gasteiger partial charge in [-0.1, -0.05) is 0 Å². The van der Waals surface area contributed by atoms with E-state index in [0.29, 0.717) is 45.4 Å². The normalized spacial score (nSPS) is 10.4. The molecule has 3 amide bonds. The zero-order chi connectivity index (χ0) is 24.1. The monoisotopic (exact) mass is 463 g/mol. The highest BCUT2D eigenvalue weighted by atomic mass is 16.5. The van der Waals surface area contributed by atoms with Crippen LogP contribution >= 0.6 is 0 Å². The first kappa shape index (κ1) is 22.3. The second-order valence-electron chi connectivity index (χ2n) is 6.97. The highest BCUT2D eigenvalue weighted by molar-refractivity contribution is 6.00. The van der Waals surface area contributed by atoms with Crippen LogP contribution in [0.4, 0.5) is 26.9 Å². The highest BCUT2D eigenvalue weighted by Gasteiger charge is 2.10. The molecule has 0 saturated heterocycles. The van der Waals surface area contributed by atoms with Crippen molar-refractivity contribution in [3.05, 3.63) is 60.7 Å². The molecule has 0 aliphatic heterocycles. The van der Waals surface area contributed by atoms with Gasteiger partial charge in [0, 0.05) is 17.8 Å². The molecule has 0 unspecified atom stereocenters. The number of anilines is 3. The number of benzene rings is 3. The number of rotatable bonds is 7. The fraction of sp³-hybridized carbons (Fsp3) is 0.0870. The number of carbonyl (C=O) groups is 2. The van der Waals surface area contributed by atoms with Gasteiger partial charge in [-0.2, -0.15) is 0 Å². The molecule has 11 heteroatoms. The Morgan fingerprint density at radius 2 is 1.59 bits per heavy atom. The smallest absolute Gasteiger partial charge is 0.411 e. The largest absolute Gasteiger partial charge is 0.497 e. The Morgan fingerprint density at radius 1 is 0.853 bits per heavy atom. The number of urea groups is 1. The molecule has 34 heavy (non-hydrogen) atoms. The van der Waals surface area contributed by atoms with E-state index in [-0.39, 0.29) is 5.95 Å². The second-order valence-corrected chi connectivity index (χ2v) is 6.97. The molecule has 4 aromatic rings. The lowest BCUT2D eigenvalue weighted by molar-refractivity contribution is 0.209. The molecule has 11 nitrogen and oxygen atoms in total. The number of amides is 3. The molecule has 0 aliphatic rings. The average Bonchev–Trinajstić information content (AvgIpc) is 3.21. The van der Waals surface area contributed by atoms with Gasteiger partial charge in [-0.05, 0) is 48.5 Å². The zero-order valence-corrected chi connectivity index (χ0v) is 18.2. The van der Waals surface area contributed by atoms with E-state index in [1.54, 1.807) is 60.7 Å². The molecular formula is C23H21N5O6. The SMILES string of the molecule is COc1ccc(OC)c(NC(=O)Nc2ccc(Oc3ccc4[nH]c(NC(=O)O)nc4c3)cc2)c1. The van der Waals surface area contributed by atoms with Crippen molar-refractivity contribution in [3.8, 4) is 23.0 Å². The Labute approximate surface area is 193 Å². The molecule has 1 aromatic heterocycles. The molecule has 4 rings (SSSR count). The van der Waals surface area contributed by atoms with Crippen molar-refractivity contribution in [2.24, 2.45) is 0 Å². The van der Waals surface area contributed by atoms with Gasteiger partial charge in [-0.25, -0.2) is 14.6 Å². The number of aromatic amines is 1. The van der Waals surface area contributed by atoms with Crippen molar-refractivity contribution < 1.29 is 28.9 Å². The van der Waals surface area contributed by atoms with Gasteiger partial charge in [0.1, 0.15) is 23.0 Å². The predicted octanol–water partition coefficient (Wildman–Crippen LogP) is 5.11. The van der Waals surface area contributed by atoms with Crippen LogP contribution in [-0.2, 0) is 0 Å². The van der Waals surface area contributed by atoms with Crippen molar-refractivity contribution >= 4 is 40.5 Å². The van der Waals surface area contributed by atoms with Crippen molar-refractivity contribution in [2.45, 2.75) is 0 Å². The maximum Gasteiger partial charge on any atom is 0.411 e. The number of ether oxygens (including phenoxy) is 3. The summed E-state index contributed by atoms with van der Waals surface area (Å²) in [5.41, 5.74) is 2.23. The third kappa shape index (κ3) is 5.27. The van der Waals surface area contributed by atoms with Crippen molar-refractivity contribution in [3.63, 3.8) is 0 Å². The van der Waals surface area contributed by atoms with Crippen LogP contribution in [-0.4, -0.2) is 41.4 Å². The van der Waals surface area contributed by atoms with Gasteiger partial charge in [0.15, 0.2) is 0 Å². The summed E-state index contributed by atoms with van der Waals surface area (Å²) in [6.45, 7) is 0. The summed E-state index contributed by atoms with van der Waals surface area (Å²) >= 11 is 0. The van der Waals surface area contributed by atoms with Crippen molar-refractivity contribution in [1.82, 2.24) is 9.97 Å². The molecule has 0 fully saturated rings. The lowest BCUT2D eigenvalue weighted by Gasteiger charge is -2.13. The summed E-state index contributed by atoms with van der Waals surface area (Å²) in [5.74, 6) is 2.27. The molecule has 3 aromatic carbocycles. The van der Waals surface area contributed by atoms with E-state index in [2.05, 4.69) is 25.9 Å². The van der Waals surface area contributed by atoms with E-state index < -0.39 is 12.1 Å². The average molecular weight is 463 g/mol. The minimum atomic E-state index is -1.21. The number of nitrogens with one attached hydrogen (secondary N) is 4. The fourth-order valence-electron chi connectivity index (χ4n) is 3.15. The van der Waals surface area contributed by atoms with Gasteiger partial charge >= 0.3 is 12.1 Å². The summed E-state index contributed by atoms with van der Waals surface area (Å²) in [6, 6.07) is 16.6. The third-order valence-corrected chi connectivity index (χ3v) is 4.68. The van der Waals surface area contributed by atoms with Gasteiger partial charge in [0.2, 0.25) is 5.95 Å². The molecule has 174 valence electrons. The molecule has 1 heterocycles. The lowest BCUT2D eigenvalue weighted by Crippen LogP contribution is -2.19. The topological polar surface area (TPSA) is 147 Å². The molecule has 0 radical (unpaired) electrons. The zero-order valence-electron chi connectivity index (χ0n) is 18.2. The number of carbonyl (C=O) groups excluding carboxylic acids is 1. The van der Waals surface area contributed by atoms with Crippen LogP contribution in [0, 0.1) is 0 Å². The Bertz CT molecular complexity index is 1340. The van der Waals surface area contributed by atoms with E-state index in [4.69, 9.17) is 19.3 Å². The van der Waals surface area contributed by atoms with Crippen LogP contribution in [0.25, 0.3) is 11.0 Å². The number of hydrogen-bond donors (Lipinski definition) is 5. The van der Waals surface area contributed by atoms with Gasteiger partial charge in [0.25, 0.3) is 0 Å². The predicted molar refractivity (Wildman–Crippen MR) is 126 cm³/mol. The standard InChI is InChI=1S/C23H21N5O6/c1-32-15-8-10-20(33-2)19(11-15)27-22(29)24-13-3-5-14(6-4-13)34-16-7-9-17-18(12-16)26-21(25-17)28-23(30)31/h3-12H,1-2H3,(H,30,31)(H2,24,27,29)(H2,25,26,28). The van der Waals surface area contributed by atoms with Gasteiger partial charge in [-0.15, -0.1) is 0 Å². The first-order valence-corrected chi connectivity index (χ1v) is 10.0. The van der Waals surface area contributed by atoms with Gasteiger partial charge < -0.3 is 34.9 Å². The van der Waals surface area contributed by atoms with Crippen LogP contribution in [0.1, 0.15) is 0 Å². The maximum atomic E-state index is 12.4. The third-order valence-electron chi connectivity index (χ3n) is 4.68. The fourth-order valence-corrected chi connectivity index (χ4v) is 3.15. The van der Waals surface area contributed by atoms with Crippen LogP contribution in [0.5, 0.6) is 23.0 Å². The van der Waals surface area contributed by atoms with E-state index in [1.807, 2.05) is 0 Å². The van der Waals surface area contributed by atoms with E-state index in [9.17, 15) is 9.59 Å². The number of fused-ring (bicyclic) bond motifs is 1. The van der Waals surface area contributed by atoms with Crippen LogP contribution in [0.3, 0.4) is 0 Å². The number of carboxylic acid groups (broad SMARTS) is 1. The highest BCUT2D eigenvalue weighted by Crippen LogP contribution is 2.29. The number of imidazole rings is 1. The first-order chi connectivity index (χ1) is 16.4. The summed E-state index contributed by atoms with van der Waals surface area (Å²) < 4.78 is 16.3. The van der Waals surface area contributed by atoms with Crippen LogP contribution in [0.2, 0.25) is 0 Å². The lowest BCUT2D eigenvalue weighted by atomic mass is 10.2. The Balaban J connectivity index is 1.39. The minimum Gasteiger partial charge on any atom is -0.497 e. The summed E-state index contributed by atoms with van der Waals surface area (Å²) in [6.07, 6.45) is -1.21. The minimum absolute atomic E-state index is 0.125. The van der Waals surface area contributed by atoms with Gasteiger partial charge in [0.05, 0.1) is 30.9 Å². The molecule has 0 atom stereocenters. The number of aromatic nitrogens is 2. The number of nitrogens with zero attached hydrogens (tertiary/aromatic N) is 1. The molecular weight excluding hydrogens is 442 g/mol. The maximum absolute atomic E-state index is 12.4. The Morgan fingerprint density at radius 3 is 2.29 bits per heavy atom. The van der Waals surface area contributed by atoms with Crippen molar-refractivity contribution in [2.75, 3.05) is 30.2 Å².